The molecule has 2 aromatic rings. The van der Waals surface area contributed by atoms with Crippen molar-refractivity contribution < 1.29 is 4.74 Å². The summed E-state index contributed by atoms with van der Waals surface area (Å²) >= 11 is 0. The van der Waals surface area contributed by atoms with Crippen molar-refractivity contribution in [3.05, 3.63) is 28.3 Å². The molecule has 0 atom stereocenters. The first-order chi connectivity index (χ1) is 13.0. The summed E-state index contributed by atoms with van der Waals surface area (Å²) in [6.07, 6.45) is 7.19. The Kier molecular flexibility index (Phi) is 5.12. The SMILES string of the molecule is CCOC1CCC(C)(N2CCC(n3c(=O)[nH]c4ccc(C)nc43)CC2)CC1. The number of ether oxygens (including phenoxy) is 1. The van der Waals surface area contributed by atoms with Gasteiger partial charge in [0.15, 0.2) is 5.65 Å². The summed E-state index contributed by atoms with van der Waals surface area (Å²) < 4.78 is 7.72. The van der Waals surface area contributed by atoms with Crippen molar-refractivity contribution >= 4 is 11.2 Å². The Morgan fingerprint density at radius 3 is 2.59 bits per heavy atom. The van der Waals surface area contributed by atoms with E-state index in [0.29, 0.717) is 6.10 Å². The first-order valence-electron chi connectivity index (χ1n) is 10.4. The van der Waals surface area contributed by atoms with E-state index in [1.807, 2.05) is 23.6 Å². The van der Waals surface area contributed by atoms with E-state index in [4.69, 9.17) is 4.74 Å². The maximum absolute atomic E-state index is 12.5. The molecule has 3 heterocycles. The van der Waals surface area contributed by atoms with Crippen LogP contribution in [0.5, 0.6) is 0 Å². The fraction of sp³-hybridized carbons (Fsp3) is 0.714. The molecule has 1 aliphatic heterocycles. The maximum Gasteiger partial charge on any atom is 0.327 e. The van der Waals surface area contributed by atoms with Crippen LogP contribution in [0.3, 0.4) is 0 Å². The highest BCUT2D eigenvalue weighted by atomic mass is 16.5. The number of pyridine rings is 1. The molecular weight excluding hydrogens is 340 g/mol. The van der Waals surface area contributed by atoms with E-state index in [0.717, 1.165) is 62.2 Å². The Balaban J connectivity index is 1.45. The average Bonchev–Trinajstić information content (AvgIpc) is 2.99. The van der Waals surface area contributed by atoms with Crippen LogP contribution < -0.4 is 5.69 Å². The molecule has 2 aromatic heterocycles. The number of aromatic amines is 1. The molecule has 148 valence electrons. The van der Waals surface area contributed by atoms with Crippen molar-refractivity contribution in [2.24, 2.45) is 0 Å². The molecule has 1 N–H and O–H groups in total. The van der Waals surface area contributed by atoms with Gasteiger partial charge in [-0.2, -0.15) is 0 Å². The standard InChI is InChI=1S/C21H32N4O2/c1-4-27-17-7-11-21(3,12-8-17)24-13-9-16(10-14-24)25-19-18(23-20(25)26)6-5-15(2)22-19/h5-6,16-17H,4,7-14H2,1-3H3,(H,23,26). The van der Waals surface area contributed by atoms with E-state index in [2.05, 4.69) is 28.7 Å². The molecule has 0 radical (unpaired) electrons. The number of fused-ring (bicyclic) bond motifs is 1. The maximum atomic E-state index is 12.5. The van der Waals surface area contributed by atoms with Crippen molar-refractivity contribution in [1.82, 2.24) is 19.4 Å². The van der Waals surface area contributed by atoms with Gasteiger partial charge in [-0.15, -0.1) is 0 Å². The summed E-state index contributed by atoms with van der Waals surface area (Å²) in [7, 11) is 0. The van der Waals surface area contributed by atoms with Gasteiger partial charge in [-0.1, -0.05) is 0 Å². The second-order valence-corrected chi connectivity index (χ2v) is 8.49. The molecule has 0 amide bonds. The normalized spacial score (nSPS) is 28.0. The number of H-pyrrole nitrogens is 1. The number of aryl methyl sites for hydroxylation is 1. The fourth-order valence-electron chi connectivity index (χ4n) is 5.03. The Morgan fingerprint density at radius 2 is 1.93 bits per heavy atom. The third kappa shape index (κ3) is 3.57. The van der Waals surface area contributed by atoms with Crippen LogP contribution in [0, 0.1) is 6.92 Å². The summed E-state index contributed by atoms with van der Waals surface area (Å²) in [5.41, 5.74) is 2.85. The molecule has 0 aromatic carbocycles. The fourth-order valence-corrected chi connectivity index (χ4v) is 5.03. The number of nitrogens with one attached hydrogen (secondary N) is 1. The Bertz CT molecular complexity index is 839. The molecule has 4 rings (SSSR count). The first-order valence-corrected chi connectivity index (χ1v) is 10.4. The van der Waals surface area contributed by atoms with Crippen LogP contribution in [0.25, 0.3) is 11.2 Å². The number of hydrogen-bond acceptors (Lipinski definition) is 4. The summed E-state index contributed by atoms with van der Waals surface area (Å²) in [5, 5.41) is 0. The van der Waals surface area contributed by atoms with Gasteiger partial charge >= 0.3 is 5.69 Å². The van der Waals surface area contributed by atoms with Gasteiger partial charge < -0.3 is 9.72 Å². The molecule has 27 heavy (non-hydrogen) atoms. The lowest BCUT2D eigenvalue weighted by Gasteiger charge is -2.48. The highest BCUT2D eigenvalue weighted by molar-refractivity contribution is 5.70. The van der Waals surface area contributed by atoms with Gasteiger partial charge in [0.05, 0.1) is 11.6 Å². The lowest BCUT2D eigenvalue weighted by Crippen LogP contribution is -2.53. The second kappa shape index (κ2) is 7.40. The quantitative estimate of drug-likeness (QED) is 0.893. The van der Waals surface area contributed by atoms with E-state index >= 15 is 0 Å². The van der Waals surface area contributed by atoms with Crippen molar-refractivity contribution in [2.75, 3.05) is 19.7 Å². The number of imidazole rings is 1. The van der Waals surface area contributed by atoms with Gasteiger partial charge in [-0.3, -0.25) is 9.47 Å². The molecule has 0 unspecified atom stereocenters. The minimum Gasteiger partial charge on any atom is -0.379 e. The monoisotopic (exact) mass is 372 g/mol. The van der Waals surface area contributed by atoms with Crippen LogP contribution in [0.1, 0.15) is 64.1 Å². The van der Waals surface area contributed by atoms with Gasteiger partial charge in [0.25, 0.3) is 0 Å². The zero-order valence-corrected chi connectivity index (χ0v) is 16.8. The number of hydrogen-bond donors (Lipinski definition) is 1. The van der Waals surface area contributed by atoms with E-state index in [9.17, 15) is 4.79 Å². The third-order valence-corrected chi connectivity index (χ3v) is 6.71. The zero-order valence-electron chi connectivity index (χ0n) is 16.8. The number of nitrogens with zero attached hydrogens (tertiary/aromatic N) is 3. The van der Waals surface area contributed by atoms with Gasteiger partial charge in [0.1, 0.15) is 0 Å². The number of piperidine rings is 1. The van der Waals surface area contributed by atoms with Crippen molar-refractivity contribution in [3.63, 3.8) is 0 Å². The van der Waals surface area contributed by atoms with Crippen LogP contribution >= 0.6 is 0 Å². The highest BCUT2D eigenvalue weighted by Gasteiger charge is 2.38. The van der Waals surface area contributed by atoms with Crippen LogP contribution in [-0.2, 0) is 4.74 Å². The number of aromatic nitrogens is 3. The number of likely N-dealkylation sites (tertiary alicyclic amines) is 1. The molecule has 6 nitrogen and oxygen atoms in total. The van der Waals surface area contributed by atoms with E-state index < -0.39 is 0 Å². The predicted octanol–water partition coefficient (Wildman–Crippen LogP) is 3.41. The number of rotatable bonds is 4. The summed E-state index contributed by atoms with van der Waals surface area (Å²) in [5.74, 6) is 0. The Hall–Kier alpha value is -1.66. The average molecular weight is 373 g/mol. The molecule has 2 fully saturated rings. The van der Waals surface area contributed by atoms with Crippen LogP contribution in [0.4, 0.5) is 0 Å². The molecule has 1 saturated carbocycles. The predicted molar refractivity (Wildman–Crippen MR) is 107 cm³/mol. The van der Waals surface area contributed by atoms with Gasteiger partial charge in [-0.25, -0.2) is 9.78 Å². The largest absolute Gasteiger partial charge is 0.379 e. The van der Waals surface area contributed by atoms with Crippen LogP contribution in [0.15, 0.2) is 16.9 Å². The first kappa shape index (κ1) is 18.7. The van der Waals surface area contributed by atoms with Crippen molar-refractivity contribution in [2.45, 2.75) is 77.0 Å². The second-order valence-electron chi connectivity index (χ2n) is 8.49. The topological polar surface area (TPSA) is 63.1 Å². The molecular formula is C21H32N4O2. The van der Waals surface area contributed by atoms with Crippen LogP contribution in [0.2, 0.25) is 0 Å². The van der Waals surface area contributed by atoms with Gasteiger partial charge in [0.2, 0.25) is 0 Å². The lowest BCUT2D eigenvalue weighted by molar-refractivity contribution is -0.0273. The third-order valence-electron chi connectivity index (χ3n) is 6.71. The zero-order chi connectivity index (χ0) is 19.0. The van der Waals surface area contributed by atoms with Gasteiger partial charge in [-0.05, 0) is 71.4 Å². The minimum atomic E-state index is -0.0232. The smallest absolute Gasteiger partial charge is 0.327 e. The summed E-state index contributed by atoms with van der Waals surface area (Å²) in [6, 6.07) is 4.15. The lowest BCUT2D eigenvalue weighted by atomic mass is 9.79. The van der Waals surface area contributed by atoms with E-state index in [1.165, 1.54) is 12.8 Å². The minimum absolute atomic E-state index is 0.0232. The molecule has 0 spiro atoms. The summed E-state index contributed by atoms with van der Waals surface area (Å²) in [4.78, 5) is 22.8. The Labute approximate surface area is 160 Å². The van der Waals surface area contributed by atoms with Crippen molar-refractivity contribution in [3.8, 4) is 0 Å². The van der Waals surface area contributed by atoms with E-state index in [-0.39, 0.29) is 17.3 Å². The molecule has 6 heteroatoms. The van der Waals surface area contributed by atoms with Gasteiger partial charge in [0, 0.05) is 37.0 Å². The molecule has 2 aliphatic rings. The van der Waals surface area contributed by atoms with E-state index in [1.54, 1.807) is 0 Å². The van der Waals surface area contributed by atoms with Crippen LogP contribution in [-0.4, -0.2) is 50.8 Å². The highest BCUT2D eigenvalue weighted by Crippen LogP contribution is 2.37. The molecule has 0 bridgehead atoms. The summed E-state index contributed by atoms with van der Waals surface area (Å²) in [6.45, 7) is 9.39. The molecule has 1 aliphatic carbocycles. The Morgan fingerprint density at radius 1 is 1.22 bits per heavy atom. The van der Waals surface area contributed by atoms with Crippen molar-refractivity contribution in [1.29, 1.82) is 0 Å². The molecule has 1 saturated heterocycles.